The molecular weight excluding hydrogens is 305 g/mol. The van der Waals surface area contributed by atoms with Crippen LogP contribution in [0.25, 0.3) is 0 Å². The van der Waals surface area contributed by atoms with Crippen LogP contribution in [0.1, 0.15) is 38.3 Å². The molecule has 1 aromatic carbocycles. The van der Waals surface area contributed by atoms with Crippen molar-refractivity contribution in [3.05, 3.63) is 35.4 Å². The fourth-order valence-corrected chi connectivity index (χ4v) is 2.79. The second-order valence-corrected chi connectivity index (χ2v) is 6.75. The van der Waals surface area contributed by atoms with Crippen molar-refractivity contribution in [2.45, 2.75) is 44.8 Å². The number of carbonyl (C=O) groups excluding carboxylic acids is 1. The molecule has 0 saturated carbocycles. The number of benzene rings is 1. The number of nitrogens with one attached hydrogen (secondary N) is 2. The molecule has 23 heavy (non-hydrogen) atoms. The molecule has 3 nitrogen and oxygen atoms in total. The van der Waals surface area contributed by atoms with E-state index < -0.39 is 17.2 Å². The number of rotatable bonds is 3. The molecule has 1 aliphatic rings. The van der Waals surface area contributed by atoms with E-state index in [1.54, 1.807) is 19.9 Å². The summed E-state index contributed by atoms with van der Waals surface area (Å²) in [7, 11) is 0. The Bertz CT molecular complexity index is 569. The van der Waals surface area contributed by atoms with Gasteiger partial charge in [-0.05, 0) is 50.9 Å². The molecule has 6 heteroatoms. The number of piperidine rings is 1. The number of halogens is 3. The number of hydrogen-bond acceptors (Lipinski definition) is 2. The van der Waals surface area contributed by atoms with E-state index in [1.807, 2.05) is 6.92 Å². The molecule has 0 spiro atoms. The Hall–Kier alpha value is -1.56. The Balaban J connectivity index is 2.18. The van der Waals surface area contributed by atoms with E-state index in [0.717, 1.165) is 31.6 Å². The number of alkyl halides is 3. The molecule has 1 fully saturated rings. The second-order valence-electron chi connectivity index (χ2n) is 6.75. The summed E-state index contributed by atoms with van der Waals surface area (Å²) >= 11 is 0. The number of carbonyl (C=O) groups is 1. The predicted molar refractivity (Wildman–Crippen MR) is 83.1 cm³/mol. The van der Waals surface area contributed by atoms with Gasteiger partial charge in [0.25, 0.3) is 0 Å². The monoisotopic (exact) mass is 328 g/mol. The molecule has 1 amide bonds. The fraction of sp³-hybridized carbons (Fsp3) is 0.588. The summed E-state index contributed by atoms with van der Waals surface area (Å²) in [6, 6.07) is 5.05. The van der Waals surface area contributed by atoms with Gasteiger partial charge in [-0.2, -0.15) is 13.2 Å². The summed E-state index contributed by atoms with van der Waals surface area (Å²) in [6.07, 6.45) is -3.59. The minimum Gasteiger partial charge on any atom is -0.352 e. The molecule has 1 aliphatic heterocycles. The third-order valence-corrected chi connectivity index (χ3v) is 4.58. The summed E-state index contributed by atoms with van der Waals surface area (Å²) in [5, 5.41) is 6.26. The molecule has 0 aromatic heterocycles. The van der Waals surface area contributed by atoms with Gasteiger partial charge in [0.1, 0.15) is 0 Å². The Morgan fingerprint density at radius 3 is 2.52 bits per heavy atom. The van der Waals surface area contributed by atoms with Crippen LogP contribution in [-0.2, 0) is 16.4 Å². The lowest BCUT2D eigenvalue weighted by Crippen LogP contribution is -2.52. The summed E-state index contributed by atoms with van der Waals surface area (Å²) in [5.41, 5.74) is -1.39. The van der Waals surface area contributed by atoms with Crippen LogP contribution in [0.2, 0.25) is 0 Å². The standard InChI is InChI=1S/C17H23F3N2O/c1-11-10-21-8-7-14(11)22-15(23)16(2,3)12-5-4-6-13(9-12)17(18,19)20/h4-6,9,11,14,21H,7-8,10H2,1-3H3,(H,22,23). The minimum atomic E-state index is -4.41. The van der Waals surface area contributed by atoms with Gasteiger partial charge in [-0.25, -0.2) is 0 Å². The average molecular weight is 328 g/mol. The van der Waals surface area contributed by atoms with Crippen LogP contribution in [0.3, 0.4) is 0 Å². The van der Waals surface area contributed by atoms with Crippen molar-refractivity contribution in [3.8, 4) is 0 Å². The minimum absolute atomic E-state index is 0.0498. The van der Waals surface area contributed by atoms with Crippen LogP contribution >= 0.6 is 0 Å². The van der Waals surface area contributed by atoms with Crippen LogP contribution in [0, 0.1) is 5.92 Å². The van der Waals surface area contributed by atoms with Crippen molar-refractivity contribution in [3.63, 3.8) is 0 Å². The van der Waals surface area contributed by atoms with Crippen LogP contribution in [0.5, 0.6) is 0 Å². The summed E-state index contributed by atoms with van der Waals surface area (Å²) in [5.74, 6) is 0.0561. The Kier molecular flexibility index (Phi) is 5.04. The first kappa shape index (κ1) is 17.8. The van der Waals surface area contributed by atoms with Crippen LogP contribution in [-0.4, -0.2) is 25.0 Å². The average Bonchev–Trinajstić information content (AvgIpc) is 2.48. The third kappa shape index (κ3) is 4.05. The molecule has 0 bridgehead atoms. The van der Waals surface area contributed by atoms with Crippen molar-refractivity contribution in [2.24, 2.45) is 5.92 Å². The zero-order chi connectivity index (χ0) is 17.3. The predicted octanol–water partition coefficient (Wildman–Crippen LogP) is 3.10. The van der Waals surface area contributed by atoms with Gasteiger partial charge in [-0.15, -0.1) is 0 Å². The SMILES string of the molecule is CC1CNCCC1NC(=O)C(C)(C)c1cccc(C(F)(F)F)c1. The molecule has 2 rings (SSSR count). The van der Waals surface area contributed by atoms with E-state index in [4.69, 9.17) is 0 Å². The molecule has 2 atom stereocenters. The highest BCUT2D eigenvalue weighted by Gasteiger charge is 2.36. The highest BCUT2D eigenvalue weighted by Crippen LogP contribution is 2.33. The van der Waals surface area contributed by atoms with Gasteiger partial charge in [0, 0.05) is 6.04 Å². The Morgan fingerprint density at radius 1 is 1.26 bits per heavy atom. The van der Waals surface area contributed by atoms with E-state index in [0.29, 0.717) is 11.5 Å². The highest BCUT2D eigenvalue weighted by molar-refractivity contribution is 5.87. The van der Waals surface area contributed by atoms with Crippen LogP contribution in [0.15, 0.2) is 24.3 Å². The van der Waals surface area contributed by atoms with Crippen LogP contribution in [0.4, 0.5) is 13.2 Å². The van der Waals surface area contributed by atoms with Gasteiger partial charge >= 0.3 is 6.18 Å². The summed E-state index contributed by atoms with van der Waals surface area (Å²) < 4.78 is 38.6. The maximum Gasteiger partial charge on any atom is 0.416 e. The van der Waals surface area contributed by atoms with Gasteiger partial charge in [0.05, 0.1) is 11.0 Å². The lowest BCUT2D eigenvalue weighted by atomic mass is 9.82. The molecule has 1 aromatic rings. The maximum atomic E-state index is 12.9. The smallest absolute Gasteiger partial charge is 0.352 e. The second kappa shape index (κ2) is 6.51. The summed E-state index contributed by atoms with van der Waals surface area (Å²) in [6.45, 7) is 7.02. The zero-order valence-corrected chi connectivity index (χ0v) is 13.6. The normalized spacial score (nSPS) is 22.7. The summed E-state index contributed by atoms with van der Waals surface area (Å²) in [4.78, 5) is 12.6. The topological polar surface area (TPSA) is 41.1 Å². The highest BCUT2D eigenvalue weighted by atomic mass is 19.4. The molecule has 0 radical (unpaired) electrons. The lowest BCUT2D eigenvalue weighted by Gasteiger charge is -2.34. The van der Waals surface area contributed by atoms with Gasteiger partial charge in [-0.1, -0.05) is 25.1 Å². The van der Waals surface area contributed by atoms with E-state index >= 15 is 0 Å². The van der Waals surface area contributed by atoms with Crippen LogP contribution < -0.4 is 10.6 Å². The molecule has 2 N–H and O–H groups in total. The maximum absolute atomic E-state index is 12.9. The largest absolute Gasteiger partial charge is 0.416 e. The molecule has 2 unspecified atom stereocenters. The molecule has 1 heterocycles. The molecule has 0 aliphatic carbocycles. The van der Waals surface area contributed by atoms with Crippen molar-refractivity contribution >= 4 is 5.91 Å². The van der Waals surface area contributed by atoms with E-state index in [2.05, 4.69) is 10.6 Å². The zero-order valence-electron chi connectivity index (χ0n) is 13.6. The first-order chi connectivity index (χ1) is 10.6. The molecular formula is C17H23F3N2O. The number of hydrogen-bond donors (Lipinski definition) is 2. The van der Waals surface area contributed by atoms with E-state index in [9.17, 15) is 18.0 Å². The fourth-order valence-electron chi connectivity index (χ4n) is 2.79. The van der Waals surface area contributed by atoms with Crippen molar-refractivity contribution in [1.82, 2.24) is 10.6 Å². The Labute approximate surface area is 134 Å². The quantitative estimate of drug-likeness (QED) is 0.895. The lowest BCUT2D eigenvalue weighted by molar-refractivity contribution is -0.138. The van der Waals surface area contributed by atoms with Gasteiger partial charge < -0.3 is 10.6 Å². The van der Waals surface area contributed by atoms with E-state index in [1.165, 1.54) is 6.07 Å². The molecule has 128 valence electrons. The number of amides is 1. The van der Waals surface area contributed by atoms with Crippen molar-refractivity contribution in [2.75, 3.05) is 13.1 Å². The van der Waals surface area contributed by atoms with Crippen molar-refractivity contribution in [1.29, 1.82) is 0 Å². The first-order valence-corrected chi connectivity index (χ1v) is 7.82. The molecule has 1 saturated heterocycles. The Morgan fingerprint density at radius 2 is 1.91 bits per heavy atom. The van der Waals surface area contributed by atoms with E-state index in [-0.39, 0.29) is 11.9 Å². The van der Waals surface area contributed by atoms with Gasteiger partial charge in [0.15, 0.2) is 0 Å². The van der Waals surface area contributed by atoms with Crippen molar-refractivity contribution < 1.29 is 18.0 Å². The van der Waals surface area contributed by atoms with Gasteiger partial charge in [0.2, 0.25) is 5.91 Å². The third-order valence-electron chi connectivity index (χ3n) is 4.58. The van der Waals surface area contributed by atoms with Gasteiger partial charge in [-0.3, -0.25) is 4.79 Å². The first-order valence-electron chi connectivity index (χ1n) is 7.82.